The van der Waals surface area contributed by atoms with Gasteiger partial charge in [-0.2, -0.15) is 0 Å². The van der Waals surface area contributed by atoms with Crippen LogP contribution >= 0.6 is 11.8 Å². The highest BCUT2D eigenvalue weighted by atomic mass is 32.2. The molecule has 1 heterocycles. The van der Waals surface area contributed by atoms with E-state index in [1.165, 1.54) is 0 Å². The fraction of sp³-hybridized carbons (Fsp3) is 0.231. The van der Waals surface area contributed by atoms with Gasteiger partial charge in [0.05, 0.1) is 5.69 Å². The van der Waals surface area contributed by atoms with E-state index >= 15 is 0 Å². The second-order valence-electron chi connectivity index (χ2n) is 3.69. The Bertz CT molecular complexity index is 478. The maximum Gasteiger partial charge on any atom is 0.120 e. The zero-order valence-corrected chi connectivity index (χ0v) is 10.2. The van der Waals surface area contributed by atoms with E-state index in [9.17, 15) is 5.11 Å². The third kappa shape index (κ3) is 2.01. The highest BCUT2D eigenvalue weighted by Gasteiger charge is 2.15. The molecule has 0 bridgehead atoms. The molecule has 3 heteroatoms. The largest absolute Gasteiger partial charge is 0.382 e. The van der Waals surface area contributed by atoms with Gasteiger partial charge in [-0.05, 0) is 30.0 Å². The summed E-state index contributed by atoms with van der Waals surface area (Å²) in [6.07, 6.45) is 3.42. The summed E-state index contributed by atoms with van der Waals surface area (Å²) in [5.74, 6) is 0. The van der Waals surface area contributed by atoms with E-state index in [2.05, 4.69) is 0 Å². The summed E-state index contributed by atoms with van der Waals surface area (Å²) < 4.78 is 1.95. The molecule has 0 fully saturated rings. The maximum absolute atomic E-state index is 10.3. The number of aromatic nitrogens is 1. The number of hydrogen-bond donors (Lipinski definition) is 1. The van der Waals surface area contributed by atoms with Crippen LogP contribution in [-0.4, -0.2) is 15.9 Å². The summed E-state index contributed by atoms with van der Waals surface area (Å²) in [4.78, 5) is 1.12. The van der Waals surface area contributed by atoms with Crippen LogP contribution in [0.15, 0.2) is 47.5 Å². The molecule has 0 radical (unpaired) electrons. The van der Waals surface area contributed by atoms with E-state index in [1.54, 1.807) is 11.8 Å². The number of aryl methyl sites for hydroxylation is 1. The van der Waals surface area contributed by atoms with Gasteiger partial charge in [0, 0.05) is 18.1 Å². The molecule has 2 nitrogen and oxygen atoms in total. The summed E-state index contributed by atoms with van der Waals surface area (Å²) in [6, 6.07) is 11.9. The molecule has 2 aromatic rings. The second-order valence-corrected chi connectivity index (χ2v) is 4.54. The molecule has 0 saturated carbocycles. The van der Waals surface area contributed by atoms with E-state index in [1.807, 2.05) is 60.5 Å². The van der Waals surface area contributed by atoms with Crippen molar-refractivity contribution in [1.82, 2.24) is 4.57 Å². The first kappa shape index (κ1) is 11.3. The molecule has 0 aliphatic carbocycles. The van der Waals surface area contributed by atoms with E-state index < -0.39 is 6.10 Å². The quantitative estimate of drug-likeness (QED) is 0.825. The maximum atomic E-state index is 10.3. The summed E-state index contributed by atoms with van der Waals surface area (Å²) >= 11 is 1.66. The Labute approximate surface area is 99.9 Å². The van der Waals surface area contributed by atoms with Crippen molar-refractivity contribution in [1.29, 1.82) is 0 Å². The number of benzene rings is 1. The van der Waals surface area contributed by atoms with Gasteiger partial charge in [-0.3, -0.25) is 0 Å². The lowest BCUT2D eigenvalue weighted by Crippen LogP contribution is -2.06. The first-order valence-corrected chi connectivity index (χ1v) is 6.38. The Hall–Kier alpha value is -1.19. The average Bonchev–Trinajstić information content (AvgIpc) is 2.74. The molecule has 0 spiro atoms. The Morgan fingerprint density at radius 2 is 1.94 bits per heavy atom. The van der Waals surface area contributed by atoms with Gasteiger partial charge < -0.3 is 9.67 Å². The van der Waals surface area contributed by atoms with Crippen molar-refractivity contribution >= 4 is 11.8 Å². The monoisotopic (exact) mass is 233 g/mol. The van der Waals surface area contributed by atoms with Gasteiger partial charge in [-0.1, -0.05) is 18.2 Å². The lowest BCUT2D eigenvalue weighted by Gasteiger charge is -2.15. The molecule has 0 aliphatic heterocycles. The number of aliphatic hydroxyl groups excluding tert-OH is 1. The lowest BCUT2D eigenvalue weighted by atomic mass is 10.1. The van der Waals surface area contributed by atoms with Crippen LogP contribution in [0.1, 0.15) is 17.4 Å². The van der Waals surface area contributed by atoms with Crippen LogP contribution in [0.4, 0.5) is 0 Å². The second kappa shape index (κ2) is 4.76. The van der Waals surface area contributed by atoms with Crippen molar-refractivity contribution in [3.63, 3.8) is 0 Å². The van der Waals surface area contributed by atoms with Crippen LogP contribution in [0.2, 0.25) is 0 Å². The van der Waals surface area contributed by atoms with E-state index in [0.717, 1.165) is 16.2 Å². The smallest absolute Gasteiger partial charge is 0.120 e. The van der Waals surface area contributed by atoms with Crippen LogP contribution in [0.3, 0.4) is 0 Å². The molecule has 0 amide bonds. The van der Waals surface area contributed by atoms with Crippen LogP contribution in [-0.2, 0) is 7.05 Å². The van der Waals surface area contributed by atoms with Crippen LogP contribution in [0.25, 0.3) is 0 Å². The van der Waals surface area contributed by atoms with Gasteiger partial charge in [-0.15, -0.1) is 11.8 Å². The van der Waals surface area contributed by atoms with Gasteiger partial charge >= 0.3 is 0 Å². The minimum absolute atomic E-state index is 0.552. The van der Waals surface area contributed by atoms with Crippen molar-refractivity contribution in [2.75, 3.05) is 6.26 Å². The Morgan fingerprint density at radius 1 is 1.19 bits per heavy atom. The molecule has 0 unspecified atom stereocenters. The summed E-state index contributed by atoms with van der Waals surface area (Å²) in [6.45, 7) is 0. The molecule has 1 N–H and O–H groups in total. The lowest BCUT2D eigenvalue weighted by molar-refractivity contribution is 0.208. The zero-order chi connectivity index (χ0) is 11.5. The third-order valence-electron chi connectivity index (χ3n) is 2.70. The number of aliphatic hydroxyl groups is 1. The SMILES string of the molecule is CSc1ccccc1[C@@H](O)c1cccn1C. The predicted octanol–water partition coefficient (Wildman–Crippen LogP) is 2.83. The van der Waals surface area contributed by atoms with Crippen molar-refractivity contribution in [2.24, 2.45) is 7.05 Å². The van der Waals surface area contributed by atoms with Gasteiger partial charge in [0.1, 0.15) is 6.10 Å². The molecular formula is C13H15NOS. The Balaban J connectivity index is 2.41. The van der Waals surface area contributed by atoms with E-state index in [0.29, 0.717) is 0 Å². The number of thioether (sulfide) groups is 1. The molecule has 0 aliphatic rings. The third-order valence-corrected chi connectivity index (χ3v) is 3.51. The highest BCUT2D eigenvalue weighted by Crippen LogP contribution is 2.29. The normalized spacial score (nSPS) is 12.7. The first-order valence-electron chi connectivity index (χ1n) is 5.16. The number of hydrogen-bond acceptors (Lipinski definition) is 2. The van der Waals surface area contributed by atoms with Gasteiger partial charge in [-0.25, -0.2) is 0 Å². The van der Waals surface area contributed by atoms with Crippen LogP contribution in [0.5, 0.6) is 0 Å². The summed E-state index contributed by atoms with van der Waals surface area (Å²) in [5.41, 5.74) is 1.89. The number of rotatable bonds is 3. The fourth-order valence-electron chi connectivity index (χ4n) is 1.81. The molecule has 1 aromatic heterocycles. The molecule has 2 rings (SSSR count). The molecule has 84 valence electrons. The number of nitrogens with zero attached hydrogens (tertiary/aromatic N) is 1. The fourth-order valence-corrected chi connectivity index (χ4v) is 2.44. The topological polar surface area (TPSA) is 25.2 Å². The Kier molecular flexibility index (Phi) is 3.36. The van der Waals surface area contributed by atoms with Gasteiger partial charge in [0.25, 0.3) is 0 Å². The summed E-state index contributed by atoms with van der Waals surface area (Å²) in [7, 11) is 1.94. The summed E-state index contributed by atoms with van der Waals surface area (Å²) in [5, 5.41) is 10.3. The van der Waals surface area contributed by atoms with Crippen molar-refractivity contribution in [3.8, 4) is 0 Å². The average molecular weight is 233 g/mol. The molecule has 1 atom stereocenters. The standard InChI is InChI=1S/C13H15NOS/c1-14-9-5-7-11(14)13(15)10-6-3-4-8-12(10)16-2/h3-9,13,15H,1-2H3/t13-/m1/s1. The van der Waals surface area contributed by atoms with Crippen molar-refractivity contribution in [3.05, 3.63) is 53.9 Å². The van der Waals surface area contributed by atoms with Crippen LogP contribution in [0, 0.1) is 0 Å². The molecule has 16 heavy (non-hydrogen) atoms. The van der Waals surface area contributed by atoms with Gasteiger partial charge in [0.2, 0.25) is 0 Å². The van der Waals surface area contributed by atoms with E-state index in [4.69, 9.17) is 0 Å². The van der Waals surface area contributed by atoms with E-state index in [-0.39, 0.29) is 0 Å². The predicted molar refractivity (Wildman–Crippen MR) is 67.7 cm³/mol. The Morgan fingerprint density at radius 3 is 2.56 bits per heavy atom. The molecular weight excluding hydrogens is 218 g/mol. The van der Waals surface area contributed by atoms with Crippen molar-refractivity contribution in [2.45, 2.75) is 11.0 Å². The zero-order valence-electron chi connectivity index (χ0n) is 9.42. The molecule has 0 saturated heterocycles. The minimum atomic E-state index is -0.552. The highest BCUT2D eigenvalue weighted by molar-refractivity contribution is 7.98. The first-order chi connectivity index (χ1) is 7.74. The van der Waals surface area contributed by atoms with Gasteiger partial charge in [0.15, 0.2) is 0 Å². The minimum Gasteiger partial charge on any atom is -0.382 e. The van der Waals surface area contributed by atoms with Crippen LogP contribution < -0.4 is 0 Å². The molecule has 1 aromatic carbocycles. The van der Waals surface area contributed by atoms with Crippen molar-refractivity contribution < 1.29 is 5.11 Å².